The molecule has 6 heteroatoms. The van der Waals surface area contributed by atoms with Gasteiger partial charge in [-0.3, -0.25) is 13.7 Å². The number of aromatic amines is 1. The molecule has 126 valence electrons. The molecular weight excluding hydrogens is 371 g/mol. The van der Waals surface area contributed by atoms with Crippen LogP contribution in [0.1, 0.15) is 0 Å². The first-order valence-electron chi connectivity index (χ1n) is 7.95. The van der Waals surface area contributed by atoms with Crippen LogP contribution in [0.25, 0.3) is 43.6 Å². The van der Waals surface area contributed by atoms with Crippen molar-refractivity contribution >= 4 is 67.0 Å². The molecule has 0 aliphatic rings. The van der Waals surface area contributed by atoms with Crippen LogP contribution >= 0.6 is 23.4 Å². The van der Waals surface area contributed by atoms with Crippen molar-refractivity contribution < 1.29 is 0 Å². The number of nitrogens with one attached hydrogen (secondary N) is 1. The number of hydrogen-bond acceptors (Lipinski definition) is 2. The minimum atomic E-state index is -0.196. The molecule has 5 rings (SSSR count). The van der Waals surface area contributed by atoms with Crippen LogP contribution in [0, 0.1) is 0 Å². The minimum Gasteiger partial charge on any atom is -0.354 e. The predicted octanol–water partition coefficient (Wildman–Crippen LogP) is 4.80. The van der Waals surface area contributed by atoms with Crippen LogP contribution in [0.3, 0.4) is 0 Å². The van der Waals surface area contributed by atoms with E-state index < -0.39 is 0 Å². The Morgan fingerprint density at radius 3 is 2.31 bits per heavy atom. The monoisotopic (exact) mass is 380 g/mol. The van der Waals surface area contributed by atoms with Gasteiger partial charge >= 0.3 is 0 Å². The summed E-state index contributed by atoms with van der Waals surface area (Å²) in [5.41, 5.74) is 1.71. The van der Waals surface area contributed by atoms with Crippen LogP contribution in [0.2, 0.25) is 5.02 Å². The fraction of sp³-hybridized carbons (Fsp3) is 0. The van der Waals surface area contributed by atoms with Gasteiger partial charge in [0.05, 0.1) is 32.3 Å². The molecule has 0 saturated carbocycles. The Labute approximate surface area is 156 Å². The number of para-hydroxylation sites is 2. The number of pyridine rings is 2. The molecule has 0 saturated heterocycles. The lowest BCUT2D eigenvalue weighted by Crippen LogP contribution is -2.11. The van der Waals surface area contributed by atoms with E-state index in [4.69, 9.17) is 23.4 Å². The molecule has 0 radical (unpaired) electrons. The molecule has 5 aromatic rings. The van der Waals surface area contributed by atoms with Crippen molar-refractivity contribution in [1.29, 1.82) is 0 Å². The molecule has 0 atom stereocenters. The van der Waals surface area contributed by atoms with Gasteiger partial charge in [0, 0.05) is 28.1 Å². The molecule has 4 nitrogen and oxygen atoms in total. The Morgan fingerprint density at radius 2 is 1.50 bits per heavy atom. The molecule has 0 fully saturated rings. The van der Waals surface area contributed by atoms with Gasteiger partial charge in [0.2, 0.25) is 0 Å². The Balaban J connectivity index is 2.14. The SMILES string of the molecule is O=c1c2ccccc2n(Cl)c2c(Cl)c3c(=O)c4ccccc4[nH]c3cc12. The van der Waals surface area contributed by atoms with E-state index in [1.54, 1.807) is 42.5 Å². The Kier molecular flexibility index (Phi) is 3.17. The highest BCUT2D eigenvalue weighted by atomic mass is 35.5. The van der Waals surface area contributed by atoms with Crippen molar-refractivity contribution in [2.24, 2.45) is 0 Å². The second kappa shape index (κ2) is 5.34. The maximum Gasteiger partial charge on any atom is 0.198 e. The summed E-state index contributed by atoms with van der Waals surface area (Å²) < 4.78 is 1.35. The number of nitrogens with zero attached hydrogens (tertiary/aromatic N) is 1. The summed E-state index contributed by atoms with van der Waals surface area (Å²) in [4.78, 5) is 29.1. The Morgan fingerprint density at radius 1 is 0.808 bits per heavy atom. The van der Waals surface area contributed by atoms with Crippen LogP contribution in [-0.2, 0) is 0 Å². The number of rotatable bonds is 0. The number of fused-ring (bicyclic) bond motifs is 4. The van der Waals surface area contributed by atoms with Crippen molar-refractivity contribution in [3.63, 3.8) is 0 Å². The zero-order valence-corrected chi connectivity index (χ0v) is 14.7. The number of aromatic nitrogens is 2. The second-order valence-corrected chi connectivity index (χ2v) is 6.85. The smallest absolute Gasteiger partial charge is 0.198 e. The van der Waals surface area contributed by atoms with Gasteiger partial charge in [-0.25, -0.2) is 0 Å². The molecular formula is C20H10Cl2N2O2. The summed E-state index contributed by atoms with van der Waals surface area (Å²) in [6.45, 7) is 0. The van der Waals surface area contributed by atoms with E-state index in [0.29, 0.717) is 43.6 Å². The molecule has 2 aromatic heterocycles. The molecule has 0 aliphatic carbocycles. The lowest BCUT2D eigenvalue weighted by molar-refractivity contribution is 1.36. The van der Waals surface area contributed by atoms with Gasteiger partial charge in [0.25, 0.3) is 0 Å². The molecule has 26 heavy (non-hydrogen) atoms. The first-order valence-corrected chi connectivity index (χ1v) is 8.66. The third kappa shape index (κ3) is 1.91. The lowest BCUT2D eigenvalue weighted by atomic mass is 10.1. The minimum absolute atomic E-state index is 0.169. The molecule has 3 aromatic carbocycles. The molecule has 1 N–H and O–H groups in total. The van der Waals surface area contributed by atoms with E-state index in [2.05, 4.69) is 4.98 Å². The van der Waals surface area contributed by atoms with Gasteiger partial charge in [0.1, 0.15) is 0 Å². The van der Waals surface area contributed by atoms with Crippen LogP contribution in [-0.4, -0.2) is 9.07 Å². The van der Waals surface area contributed by atoms with E-state index in [1.807, 2.05) is 12.1 Å². The van der Waals surface area contributed by atoms with Gasteiger partial charge in [-0.05, 0) is 30.3 Å². The molecule has 0 amide bonds. The third-order valence-electron chi connectivity index (χ3n) is 4.71. The molecule has 0 bridgehead atoms. The van der Waals surface area contributed by atoms with Crippen molar-refractivity contribution in [3.8, 4) is 0 Å². The number of halogens is 2. The van der Waals surface area contributed by atoms with Crippen molar-refractivity contribution in [3.05, 3.63) is 80.1 Å². The zero-order chi connectivity index (χ0) is 18.0. The van der Waals surface area contributed by atoms with Crippen molar-refractivity contribution in [1.82, 2.24) is 9.07 Å². The molecule has 0 unspecified atom stereocenters. The first kappa shape index (κ1) is 15.4. The van der Waals surface area contributed by atoms with Crippen LogP contribution in [0.4, 0.5) is 0 Å². The molecule has 0 spiro atoms. The highest BCUT2D eigenvalue weighted by Crippen LogP contribution is 2.32. The predicted molar refractivity (Wildman–Crippen MR) is 108 cm³/mol. The average molecular weight is 381 g/mol. The van der Waals surface area contributed by atoms with Crippen LogP contribution in [0.15, 0.2) is 64.2 Å². The van der Waals surface area contributed by atoms with E-state index in [9.17, 15) is 9.59 Å². The van der Waals surface area contributed by atoms with E-state index in [0.717, 1.165) is 0 Å². The normalized spacial score (nSPS) is 11.8. The fourth-order valence-electron chi connectivity index (χ4n) is 3.50. The summed E-state index contributed by atoms with van der Waals surface area (Å²) in [6.07, 6.45) is 0. The van der Waals surface area contributed by atoms with Gasteiger partial charge in [-0.2, -0.15) is 0 Å². The third-order valence-corrected chi connectivity index (χ3v) is 5.43. The highest BCUT2D eigenvalue weighted by Gasteiger charge is 2.18. The Bertz CT molecular complexity index is 1500. The molecule has 0 aliphatic heterocycles. The van der Waals surface area contributed by atoms with Gasteiger partial charge in [-0.1, -0.05) is 35.9 Å². The van der Waals surface area contributed by atoms with Gasteiger partial charge < -0.3 is 4.98 Å². The summed E-state index contributed by atoms with van der Waals surface area (Å²) in [6, 6.07) is 15.9. The fourth-order valence-corrected chi connectivity index (χ4v) is 4.24. The van der Waals surface area contributed by atoms with Gasteiger partial charge in [-0.15, -0.1) is 0 Å². The number of hydrogen-bond donors (Lipinski definition) is 1. The van der Waals surface area contributed by atoms with Crippen molar-refractivity contribution in [2.75, 3.05) is 0 Å². The summed E-state index contributed by atoms with van der Waals surface area (Å²) in [7, 11) is 0. The van der Waals surface area contributed by atoms with Crippen molar-refractivity contribution in [2.45, 2.75) is 0 Å². The number of benzene rings is 3. The average Bonchev–Trinajstić information content (AvgIpc) is 2.66. The standard InChI is InChI=1S/C20H10Cl2N2O2/c21-17-16-14(23-13-7-3-1-5-10(13)20(16)26)9-12-18(17)24(22)15-8-4-2-6-11(15)19(12)25/h1-9H,(H,23,26). The zero-order valence-electron chi connectivity index (χ0n) is 13.2. The van der Waals surface area contributed by atoms with Crippen LogP contribution < -0.4 is 10.9 Å². The largest absolute Gasteiger partial charge is 0.354 e. The second-order valence-electron chi connectivity index (χ2n) is 6.14. The Hall–Kier alpha value is -2.82. The maximum atomic E-state index is 13.0. The highest BCUT2D eigenvalue weighted by molar-refractivity contribution is 6.42. The topological polar surface area (TPSA) is 54.9 Å². The maximum absolute atomic E-state index is 13.0. The first-order chi connectivity index (χ1) is 12.6. The van der Waals surface area contributed by atoms with Crippen LogP contribution in [0.5, 0.6) is 0 Å². The summed E-state index contributed by atoms with van der Waals surface area (Å²) in [5.74, 6) is 0. The molecule has 2 heterocycles. The number of H-pyrrole nitrogens is 1. The van der Waals surface area contributed by atoms with E-state index in [1.165, 1.54) is 4.09 Å². The van der Waals surface area contributed by atoms with E-state index in [-0.39, 0.29) is 15.9 Å². The summed E-state index contributed by atoms with van der Waals surface area (Å²) in [5, 5.41) is 1.88. The lowest BCUT2D eigenvalue weighted by Gasteiger charge is -2.12. The van der Waals surface area contributed by atoms with E-state index >= 15 is 0 Å². The quantitative estimate of drug-likeness (QED) is 0.392. The van der Waals surface area contributed by atoms with Gasteiger partial charge in [0.15, 0.2) is 10.9 Å². The summed E-state index contributed by atoms with van der Waals surface area (Å²) >= 11 is 13.1.